The molecular formula is C13H13NO3. The van der Waals surface area contributed by atoms with Gasteiger partial charge in [-0.25, -0.2) is 0 Å². The van der Waals surface area contributed by atoms with Gasteiger partial charge in [0.2, 0.25) is 5.56 Å². The molecule has 4 heteroatoms. The highest BCUT2D eigenvalue weighted by molar-refractivity contribution is 5.66. The zero-order valence-electron chi connectivity index (χ0n) is 9.69. The van der Waals surface area contributed by atoms with Crippen LogP contribution in [0.2, 0.25) is 0 Å². The Balaban J connectivity index is 2.54. The van der Waals surface area contributed by atoms with Crippen molar-refractivity contribution >= 4 is 0 Å². The molecule has 1 heterocycles. The highest BCUT2D eigenvalue weighted by atomic mass is 16.5. The molecule has 0 spiro atoms. The van der Waals surface area contributed by atoms with Gasteiger partial charge in [-0.15, -0.1) is 0 Å². The molecule has 0 aliphatic carbocycles. The van der Waals surface area contributed by atoms with Crippen LogP contribution in [0.4, 0.5) is 0 Å². The van der Waals surface area contributed by atoms with Gasteiger partial charge in [0.05, 0.1) is 14.2 Å². The number of aromatic amines is 1. The minimum atomic E-state index is -0.135. The van der Waals surface area contributed by atoms with Gasteiger partial charge in [0.1, 0.15) is 11.5 Å². The van der Waals surface area contributed by atoms with E-state index >= 15 is 0 Å². The third-order valence-corrected chi connectivity index (χ3v) is 2.46. The van der Waals surface area contributed by atoms with Crippen LogP contribution in [0.15, 0.2) is 41.3 Å². The van der Waals surface area contributed by atoms with E-state index in [0.29, 0.717) is 11.5 Å². The number of H-pyrrole nitrogens is 1. The maximum atomic E-state index is 11.3. The van der Waals surface area contributed by atoms with E-state index in [1.165, 1.54) is 6.07 Å². The summed E-state index contributed by atoms with van der Waals surface area (Å²) in [6.07, 6.45) is 1.61. The summed E-state index contributed by atoms with van der Waals surface area (Å²) in [5.74, 6) is 1.39. The van der Waals surface area contributed by atoms with Crippen molar-refractivity contribution in [1.29, 1.82) is 0 Å². The number of nitrogens with one attached hydrogen (secondary N) is 1. The van der Waals surface area contributed by atoms with Gasteiger partial charge >= 0.3 is 0 Å². The van der Waals surface area contributed by atoms with Gasteiger partial charge in [-0.05, 0) is 29.3 Å². The second kappa shape index (κ2) is 4.74. The molecule has 17 heavy (non-hydrogen) atoms. The van der Waals surface area contributed by atoms with Crippen LogP contribution < -0.4 is 15.0 Å². The lowest BCUT2D eigenvalue weighted by molar-refractivity contribution is 0.394. The van der Waals surface area contributed by atoms with Gasteiger partial charge in [0.15, 0.2) is 0 Å². The van der Waals surface area contributed by atoms with E-state index in [0.717, 1.165) is 11.1 Å². The molecule has 0 saturated carbocycles. The Kier molecular flexibility index (Phi) is 3.14. The first kappa shape index (κ1) is 11.3. The SMILES string of the molecule is COc1cc(OC)cc(-c2cc[nH]c(=O)c2)c1. The van der Waals surface area contributed by atoms with E-state index in [4.69, 9.17) is 9.47 Å². The number of methoxy groups -OCH3 is 2. The number of rotatable bonds is 3. The van der Waals surface area contributed by atoms with Gasteiger partial charge in [-0.1, -0.05) is 0 Å². The fourth-order valence-electron chi connectivity index (χ4n) is 1.60. The molecule has 0 atom stereocenters. The van der Waals surface area contributed by atoms with Crippen LogP contribution in [0, 0.1) is 0 Å². The molecule has 2 aromatic rings. The van der Waals surface area contributed by atoms with Gasteiger partial charge in [0, 0.05) is 18.3 Å². The predicted octanol–water partition coefficient (Wildman–Crippen LogP) is 2.06. The van der Waals surface area contributed by atoms with E-state index < -0.39 is 0 Å². The summed E-state index contributed by atoms with van der Waals surface area (Å²) < 4.78 is 10.4. The first-order valence-corrected chi connectivity index (χ1v) is 5.15. The monoisotopic (exact) mass is 231 g/mol. The maximum Gasteiger partial charge on any atom is 0.248 e. The zero-order chi connectivity index (χ0) is 12.3. The maximum absolute atomic E-state index is 11.3. The summed E-state index contributed by atoms with van der Waals surface area (Å²) in [4.78, 5) is 13.8. The fraction of sp³-hybridized carbons (Fsp3) is 0.154. The molecule has 2 rings (SSSR count). The molecule has 1 N–H and O–H groups in total. The molecule has 1 aromatic heterocycles. The molecule has 88 valence electrons. The van der Waals surface area contributed by atoms with Crippen LogP contribution in [-0.2, 0) is 0 Å². The molecule has 1 aromatic carbocycles. The molecule has 0 amide bonds. The number of pyridine rings is 1. The van der Waals surface area contributed by atoms with Gasteiger partial charge in [-0.2, -0.15) is 0 Å². The summed E-state index contributed by atoms with van der Waals surface area (Å²) in [6, 6.07) is 8.87. The van der Waals surface area contributed by atoms with Crippen molar-refractivity contribution in [1.82, 2.24) is 4.98 Å². The number of benzene rings is 1. The van der Waals surface area contributed by atoms with Crippen molar-refractivity contribution in [3.8, 4) is 22.6 Å². The van der Waals surface area contributed by atoms with E-state index in [1.807, 2.05) is 18.2 Å². The molecule has 0 aliphatic heterocycles. The summed E-state index contributed by atoms with van der Waals surface area (Å²) in [7, 11) is 3.19. The number of aromatic nitrogens is 1. The Hall–Kier alpha value is -2.23. The number of hydrogen-bond donors (Lipinski definition) is 1. The molecule has 0 bridgehead atoms. The van der Waals surface area contributed by atoms with Crippen molar-refractivity contribution in [3.63, 3.8) is 0 Å². The lowest BCUT2D eigenvalue weighted by atomic mass is 10.1. The largest absolute Gasteiger partial charge is 0.497 e. The highest BCUT2D eigenvalue weighted by Gasteiger charge is 2.04. The summed E-state index contributed by atoms with van der Waals surface area (Å²) in [6.45, 7) is 0. The first-order valence-electron chi connectivity index (χ1n) is 5.15. The highest BCUT2D eigenvalue weighted by Crippen LogP contribution is 2.28. The van der Waals surface area contributed by atoms with Crippen LogP contribution in [0.3, 0.4) is 0 Å². The van der Waals surface area contributed by atoms with E-state index in [1.54, 1.807) is 26.5 Å². The van der Waals surface area contributed by atoms with Crippen molar-refractivity contribution in [2.24, 2.45) is 0 Å². The van der Waals surface area contributed by atoms with E-state index in [9.17, 15) is 4.79 Å². The Morgan fingerprint density at radius 3 is 2.12 bits per heavy atom. The normalized spacial score (nSPS) is 10.0. The molecular weight excluding hydrogens is 218 g/mol. The van der Waals surface area contributed by atoms with Gasteiger partial charge in [-0.3, -0.25) is 4.79 Å². The van der Waals surface area contributed by atoms with Crippen molar-refractivity contribution in [2.45, 2.75) is 0 Å². The smallest absolute Gasteiger partial charge is 0.248 e. The lowest BCUT2D eigenvalue weighted by Crippen LogP contribution is -2.02. The Morgan fingerprint density at radius 1 is 0.941 bits per heavy atom. The molecule has 4 nitrogen and oxygen atoms in total. The molecule has 0 radical (unpaired) electrons. The van der Waals surface area contributed by atoms with Crippen LogP contribution in [0.1, 0.15) is 0 Å². The van der Waals surface area contributed by atoms with Gasteiger partial charge < -0.3 is 14.5 Å². The minimum absolute atomic E-state index is 0.135. The summed E-state index contributed by atoms with van der Waals surface area (Å²) >= 11 is 0. The summed E-state index contributed by atoms with van der Waals surface area (Å²) in [5.41, 5.74) is 1.57. The standard InChI is InChI=1S/C13H13NO3/c1-16-11-5-10(6-12(8-11)17-2)9-3-4-14-13(15)7-9/h3-8H,1-2H3,(H,14,15). The molecule has 0 aliphatic rings. The Morgan fingerprint density at radius 2 is 1.59 bits per heavy atom. The van der Waals surface area contributed by atoms with Crippen LogP contribution in [0.25, 0.3) is 11.1 Å². The number of ether oxygens (including phenoxy) is 2. The molecule has 0 fully saturated rings. The predicted molar refractivity (Wildman–Crippen MR) is 65.6 cm³/mol. The minimum Gasteiger partial charge on any atom is -0.497 e. The Labute approximate surface area is 98.8 Å². The van der Waals surface area contributed by atoms with Gasteiger partial charge in [0.25, 0.3) is 0 Å². The average molecular weight is 231 g/mol. The van der Waals surface area contributed by atoms with Crippen molar-refractivity contribution < 1.29 is 9.47 Å². The van der Waals surface area contributed by atoms with E-state index in [2.05, 4.69) is 4.98 Å². The van der Waals surface area contributed by atoms with Crippen LogP contribution in [-0.4, -0.2) is 19.2 Å². The first-order chi connectivity index (χ1) is 8.22. The van der Waals surface area contributed by atoms with Crippen LogP contribution >= 0.6 is 0 Å². The topological polar surface area (TPSA) is 51.3 Å². The average Bonchev–Trinajstić information content (AvgIpc) is 2.38. The third kappa shape index (κ3) is 2.47. The fourth-order valence-corrected chi connectivity index (χ4v) is 1.60. The van der Waals surface area contributed by atoms with Crippen molar-refractivity contribution in [3.05, 3.63) is 46.9 Å². The van der Waals surface area contributed by atoms with Crippen molar-refractivity contribution in [2.75, 3.05) is 14.2 Å². The summed E-state index contributed by atoms with van der Waals surface area (Å²) in [5, 5.41) is 0. The second-order valence-corrected chi connectivity index (χ2v) is 3.54. The quantitative estimate of drug-likeness (QED) is 0.879. The third-order valence-electron chi connectivity index (χ3n) is 2.46. The van der Waals surface area contributed by atoms with E-state index in [-0.39, 0.29) is 5.56 Å². The second-order valence-electron chi connectivity index (χ2n) is 3.54. The Bertz CT molecular complexity index is 553. The molecule has 0 saturated heterocycles. The zero-order valence-corrected chi connectivity index (χ0v) is 9.69. The number of hydrogen-bond acceptors (Lipinski definition) is 3. The van der Waals surface area contributed by atoms with Crippen LogP contribution in [0.5, 0.6) is 11.5 Å². The molecule has 0 unspecified atom stereocenters. The lowest BCUT2D eigenvalue weighted by Gasteiger charge is -2.08.